The van der Waals surface area contributed by atoms with Gasteiger partial charge in [0.05, 0.1) is 5.69 Å². The summed E-state index contributed by atoms with van der Waals surface area (Å²) in [6.45, 7) is 6.71. The standard InChI is InChI=1S/C12H21N3/c1-4-5-10-12(13)15-9(3)6-8(2)7-11(15)14-10/h8-9H,4-7,13H2,1-3H3. The van der Waals surface area contributed by atoms with Gasteiger partial charge in [-0.05, 0) is 25.7 Å². The van der Waals surface area contributed by atoms with Crippen molar-refractivity contribution >= 4 is 5.82 Å². The summed E-state index contributed by atoms with van der Waals surface area (Å²) in [5.41, 5.74) is 7.25. The highest BCUT2D eigenvalue weighted by atomic mass is 15.2. The van der Waals surface area contributed by atoms with Crippen LogP contribution in [0.1, 0.15) is 51.2 Å². The number of nitrogen functional groups attached to an aromatic ring is 1. The van der Waals surface area contributed by atoms with Crippen LogP contribution in [-0.2, 0) is 12.8 Å². The molecular weight excluding hydrogens is 186 g/mol. The Kier molecular flexibility index (Phi) is 2.72. The Bertz CT molecular complexity index is 354. The largest absolute Gasteiger partial charge is 0.384 e. The molecule has 0 saturated carbocycles. The minimum absolute atomic E-state index is 0.516. The Morgan fingerprint density at radius 3 is 2.87 bits per heavy atom. The predicted molar refractivity (Wildman–Crippen MR) is 62.8 cm³/mol. The number of nitrogens with zero attached hydrogens (tertiary/aromatic N) is 2. The summed E-state index contributed by atoms with van der Waals surface area (Å²) >= 11 is 0. The highest BCUT2D eigenvalue weighted by molar-refractivity contribution is 5.39. The van der Waals surface area contributed by atoms with Gasteiger partial charge in [0.25, 0.3) is 0 Å². The molecule has 2 rings (SSSR count). The second-order valence-corrected chi connectivity index (χ2v) is 4.87. The van der Waals surface area contributed by atoms with Crippen LogP contribution in [0.5, 0.6) is 0 Å². The van der Waals surface area contributed by atoms with E-state index in [1.165, 1.54) is 12.2 Å². The molecule has 1 aromatic heterocycles. The Morgan fingerprint density at radius 2 is 2.20 bits per heavy atom. The summed E-state index contributed by atoms with van der Waals surface area (Å²) in [5, 5.41) is 0. The van der Waals surface area contributed by atoms with E-state index in [2.05, 4.69) is 30.3 Å². The topological polar surface area (TPSA) is 43.8 Å². The summed E-state index contributed by atoms with van der Waals surface area (Å²) in [7, 11) is 0. The van der Waals surface area contributed by atoms with E-state index in [-0.39, 0.29) is 0 Å². The molecule has 0 amide bonds. The first-order chi connectivity index (χ1) is 7.13. The molecule has 2 unspecified atom stereocenters. The van der Waals surface area contributed by atoms with Crippen LogP contribution in [0.15, 0.2) is 0 Å². The predicted octanol–water partition coefficient (Wildman–Crippen LogP) is 2.56. The van der Waals surface area contributed by atoms with Crippen molar-refractivity contribution < 1.29 is 0 Å². The van der Waals surface area contributed by atoms with Crippen molar-refractivity contribution in [3.8, 4) is 0 Å². The Balaban J connectivity index is 2.38. The van der Waals surface area contributed by atoms with Crippen molar-refractivity contribution in [1.29, 1.82) is 0 Å². The molecule has 15 heavy (non-hydrogen) atoms. The Labute approximate surface area is 91.7 Å². The zero-order chi connectivity index (χ0) is 11.0. The molecule has 3 nitrogen and oxygen atoms in total. The van der Waals surface area contributed by atoms with Crippen molar-refractivity contribution in [2.45, 2.75) is 52.5 Å². The van der Waals surface area contributed by atoms with Gasteiger partial charge in [0, 0.05) is 12.5 Å². The maximum atomic E-state index is 6.15. The molecule has 2 atom stereocenters. The SMILES string of the molecule is CCCc1nc2n(c1N)C(C)CC(C)C2. The smallest absolute Gasteiger partial charge is 0.127 e. The molecule has 1 aromatic rings. The van der Waals surface area contributed by atoms with Gasteiger partial charge < -0.3 is 10.3 Å². The van der Waals surface area contributed by atoms with Crippen molar-refractivity contribution in [1.82, 2.24) is 9.55 Å². The lowest BCUT2D eigenvalue weighted by atomic mass is 9.95. The molecule has 1 aliphatic heterocycles. The summed E-state index contributed by atoms with van der Waals surface area (Å²) in [4.78, 5) is 4.68. The van der Waals surface area contributed by atoms with E-state index < -0.39 is 0 Å². The monoisotopic (exact) mass is 207 g/mol. The average Bonchev–Trinajstić information content (AvgIpc) is 2.43. The molecule has 0 saturated heterocycles. The number of anilines is 1. The lowest BCUT2D eigenvalue weighted by molar-refractivity contribution is 0.346. The molecule has 0 radical (unpaired) electrons. The number of fused-ring (bicyclic) bond motifs is 1. The first-order valence-electron chi connectivity index (χ1n) is 5.98. The first-order valence-corrected chi connectivity index (χ1v) is 5.98. The van der Waals surface area contributed by atoms with Gasteiger partial charge in [-0.1, -0.05) is 20.3 Å². The summed E-state index contributed by atoms with van der Waals surface area (Å²) < 4.78 is 2.24. The fourth-order valence-corrected chi connectivity index (χ4v) is 2.68. The summed E-state index contributed by atoms with van der Waals surface area (Å²) in [6.07, 6.45) is 4.43. The lowest BCUT2D eigenvalue weighted by Gasteiger charge is -2.27. The van der Waals surface area contributed by atoms with Crippen LogP contribution in [0.4, 0.5) is 5.82 Å². The van der Waals surface area contributed by atoms with E-state index in [1.54, 1.807) is 0 Å². The van der Waals surface area contributed by atoms with Crippen molar-refractivity contribution in [2.24, 2.45) is 5.92 Å². The fraction of sp³-hybridized carbons (Fsp3) is 0.750. The molecule has 3 heteroatoms. The van der Waals surface area contributed by atoms with Gasteiger partial charge in [-0.2, -0.15) is 0 Å². The van der Waals surface area contributed by atoms with Gasteiger partial charge >= 0.3 is 0 Å². The third-order valence-corrected chi connectivity index (χ3v) is 3.30. The number of hydrogen-bond acceptors (Lipinski definition) is 2. The maximum absolute atomic E-state index is 6.15. The number of aryl methyl sites for hydroxylation is 1. The molecule has 0 fully saturated rings. The molecule has 1 aliphatic rings. The molecule has 84 valence electrons. The fourth-order valence-electron chi connectivity index (χ4n) is 2.68. The summed E-state index contributed by atoms with van der Waals surface area (Å²) in [6, 6.07) is 0.516. The van der Waals surface area contributed by atoms with Gasteiger partial charge in [-0.25, -0.2) is 4.98 Å². The molecule has 0 aliphatic carbocycles. The van der Waals surface area contributed by atoms with Gasteiger partial charge in [-0.3, -0.25) is 0 Å². The van der Waals surface area contributed by atoms with Crippen molar-refractivity contribution in [3.05, 3.63) is 11.5 Å². The highest BCUT2D eigenvalue weighted by Crippen LogP contribution is 2.32. The van der Waals surface area contributed by atoms with Gasteiger partial charge in [-0.15, -0.1) is 0 Å². The molecule has 0 bridgehead atoms. The van der Waals surface area contributed by atoms with Crippen LogP contribution in [0.3, 0.4) is 0 Å². The molecule has 0 aromatic carbocycles. The van der Waals surface area contributed by atoms with E-state index in [0.29, 0.717) is 6.04 Å². The second kappa shape index (κ2) is 3.87. The first kappa shape index (κ1) is 10.5. The molecular formula is C12H21N3. The van der Waals surface area contributed by atoms with E-state index in [9.17, 15) is 0 Å². The van der Waals surface area contributed by atoms with E-state index in [0.717, 1.165) is 36.7 Å². The molecule has 2 heterocycles. The number of imidazole rings is 1. The number of nitrogens with two attached hydrogens (primary N) is 1. The lowest BCUT2D eigenvalue weighted by Crippen LogP contribution is -2.22. The van der Waals surface area contributed by atoms with Crippen LogP contribution in [0.25, 0.3) is 0 Å². The highest BCUT2D eigenvalue weighted by Gasteiger charge is 2.25. The molecule has 2 N–H and O–H groups in total. The zero-order valence-electron chi connectivity index (χ0n) is 9.95. The van der Waals surface area contributed by atoms with Gasteiger partial charge in [0.15, 0.2) is 0 Å². The summed E-state index contributed by atoms with van der Waals surface area (Å²) in [5.74, 6) is 2.84. The molecule has 0 spiro atoms. The number of rotatable bonds is 2. The second-order valence-electron chi connectivity index (χ2n) is 4.87. The van der Waals surface area contributed by atoms with Crippen molar-refractivity contribution in [3.63, 3.8) is 0 Å². The third kappa shape index (κ3) is 1.75. The average molecular weight is 207 g/mol. The van der Waals surface area contributed by atoms with Crippen LogP contribution in [-0.4, -0.2) is 9.55 Å². The Morgan fingerprint density at radius 1 is 1.47 bits per heavy atom. The minimum atomic E-state index is 0.516. The zero-order valence-corrected chi connectivity index (χ0v) is 9.95. The quantitative estimate of drug-likeness (QED) is 0.810. The number of aromatic nitrogens is 2. The van der Waals surface area contributed by atoms with Crippen LogP contribution in [0.2, 0.25) is 0 Å². The van der Waals surface area contributed by atoms with E-state index in [1.807, 2.05) is 0 Å². The Hall–Kier alpha value is -0.990. The van der Waals surface area contributed by atoms with Crippen molar-refractivity contribution in [2.75, 3.05) is 5.73 Å². The van der Waals surface area contributed by atoms with Crippen LogP contribution >= 0.6 is 0 Å². The maximum Gasteiger partial charge on any atom is 0.127 e. The van der Waals surface area contributed by atoms with Gasteiger partial charge in [0.2, 0.25) is 0 Å². The van der Waals surface area contributed by atoms with Crippen LogP contribution in [0, 0.1) is 5.92 Å². The van der Waals surface area contributed by atoms with E-state index in [4.69, 9.17) is 5.73 Å². The third-order valence-electron chi connectivity index (χ3n) is 3.30. The van der Waals surface area contributed by atoms with Gasteiger partial charge in [0.1, 0.15) is 11.6 Å². The minimum Gasteiger partial charge on any atom is -0.384 e. The number of hydrogen-bond donors (Lipinski definition) is 1. The normalized spacial score (nSPS) is 25.3. The van der Waals surface area contributed by atoms with Crippen LogP contribution < -0.4 is 5.73 Å². The van der Waals surface area contributed by atoms with E-state index >= 15 is 0 Å².